The van der Waals surface area contributed by atoms with Crippen LogP contribution in [0.2, 0.25) is 0 Å². The highest BCUT2D eigenvalue weighted by molar-refractivity contribution is 5.87. The molecule has 1 nitrogen and oxygen atoms in total. The molecule has 0 heterocycles. The summed E-state index contributed by atoms with van der Waals surface area (Å²) in [4.78, 5) is 11.1. The van der Waals surface area contributed by atoms with Crippen LogP contribution in [0.3, 0.4) is 0 Å². The highest BCUT2D eigenvalue weighted by Gasteiger charge is 2.44. The van der Waals surface area contributed by atoms with Crippen molar-refractivity contribution in [3.63, 3.8) is 0 Å². The molecule has 11 heavy (non-hydrogen) atoms. The minimum absolute atomic E-state index is 0.328. The van der Waals surface area contributed by atoms with Crippen LogP contribution in [0.4, 0.5) is 0 Å². The molecule has 0 aromatic carbocycles. The van der Waals surface area contributed by atoms with Crippen LogP contribution >= 0.6 is 0 Å². The number of hydrogen-bond donors (Lipinski definition) is 0. The van der Waals surface area contributed by atoms with E-state index in [-0.39, 0.29) is 0 Å². The third-order valence-corrected chi connectivity index (χ3v) is 2.87. The second-order valence-corrected chi connectivity index (χ2v) is 4.66. The SMILES string of the molecule is CCC1C(=O)CC1C(C)(C)C. The van der Waals surface area contributed by atoms with Gasteiger partial charge in [-0.2, -0.15) is 0 Å². The summed E-state index contributed by atoms with van der Waals surface area (Å²) in [5.41, 5.74) is 0.328. The first kappa shape index (κ1) is 8.76. The van der Waals surface area contributed by atoms with Crippen LogP contribution in [-0.2, 0) is 4.79 Å². The molecule has 0 spiro atoms. The molecule has 0 aromatic rings. The number of carbonyl (C=O) groups excluding carboxylic acids is 1. The Kier molecular flexibility index (Phi) is 2.08. The van der Waals surface area contributed by atoms with Gasteiger partial charge in [-0.05, 0) is 17.8 Å². The van der Waals surface area contributed by atoms with Gasteiger partial charge in [0.2, 0.25) is 0 Å². The minimum atomic E-state index is 0.328. The Morgan fingerprint density at radius 1 is 1.45 bits per heavy atom. The Hall–Kier alpha value is -0.330. The van der Waals surface area contributed by atoms with Gasteiger partial charge < -0.3 is 0 Å². The van der Waals surface area contributed by atoms with Crippen LogP contribution in [-0.4, -0.2) is 5.78 Å². The Morgan fingerprint density at radius 3 is 2.18 bits per heavy atom. The molecule has 0 aliphatic heterocycles. The number of carbonyl (C=O) groups is 1. The Bertz CT molecular complexity index is 164. The van der Waals surface area contributed by atoms with Crippen LogP contribution in [0.1, 0.15) is 40.5 Å². The summed E-state index contributed by atoms with van der Waals surface area (Å²) >= 11 is 0. The molecule has 0 saturated heterocycles. The lowest BCUT2D eigenvalue weighted by atomic mass is 9.60. The third-order valence-electron chi connectivity index (χ3n) is 2.87. The van der Waals surface area contributed by atoms with Gasteiger partial charge in [0.15, 0.2) is 0 Å². The Labute approximate surface area is 69.2 Å². The van der Waals surface area contributed by atoms with Crippen molar-refractivity contribution in [1.82, 2.24) is 0 Å². The zero-order chi connectivity index (χ0) is 8.65. The van der Waals surface area contributed by atoms with E-state index in [1.165, 1.54) is 0 Å². The lowest BCUT2D eigenvalue weighted by molar-refractivity contribution is -0.139. The van der Waals surface area contributed by atoms with Gasteiger partial charge in [0.1, 0.15) is 5.78 Å². The van der Waals surface area contributed by atoms with E-state index >= 15 is 0 Å². The van der Waals surface area contributed by atoms with Crippen LogP contribution < -0.4 is 0 Å². The van der Waals surface area contributed by atoms with Gasteiger partial charge in [0, 0.05) is 12.3 Å². The molecule has 0 amide bonds. The summed E-state index contributed by atoms with van der Waals surface area (Å²) in [6.45, 7) is 8.80. The van der Waals surface area contributed by atoms with E-state index in [1.54, 1.807) is 0 Å². The standard InChI is InChI=1S/C10H18O/c1-5-7-8(6-9(7)11)10(2,3)4/h7-8H,5-6H2,1-4H3. The fourth-order valence-corrected chi connectivity index (χ4v) is 2.00. The quantitative estimate of drug-likeness (QED) is 0.567. The molecular formula is C10H18O. The van der Waals surface area contributed by atoms with Gasteiger partial charge in [0.25, 0.3) is 0 Å². The van der Waals surface area contributed by atoms with Crippen molar-refractivity contribution in [1.29, 1.82) is 0 Å². The summed E-state index contributed by atoms with van der Waals surface area (Å²) in [6, 6.07) is 0. The molecule has 0 N–H and O–H groups in total. The van der Waals surface area contributed by atoms with Crippen molar-refractivity contribution in [2.45, 2.75) is 40.5 Å². The van der Waals surface area contributed by atoms with Crippen molar-refractivity contribution >= 4 is 5.78 Å². The van der Waals surface area contributed by atoms with Crippen LogP contribution in [0.5, 0.6) is 0 Å². The van der Waals surface area contributed by atoms with Crippen LogP contribution in [0.15, 0.2) is 0 Å². The molecule has 1 saturated carbocycles. The molecule has 1 aliphatic carbocycles. The van der Waals surface area contributed by atoms with Gasteiger partial charge in [-0.15, -0.1) is 0 Å². The molecule has 1 aliphatic rings. The molecule has 0 radical (unpaired) electrons. The first-order chi connectivity index (χ1) is 4.96. The van der Waals surface area contributed by atoms with Gasteiger partial charge in [-0.1, -0.05) is 27.7 Å². The number of ketones is 1. The largest absolute Gasteiger partial charge is 0.299 e. The maximum Gasteiger partial charge on any atom is 0.136 e. The molecule has 1 fully saturated rings. The van der Waals surface area contributed by atoms with E-state index in [4.69, 9.17) is 0 Å². The van der Waals surface area contributed by atoms with Crippen molar-refractivity contribution in [3.8, 4) is 0 Å². The summed E-state index contributed by atoms with van der Waals surface area (Å²) < 4.78 is 0. The zero-order valence-electron chi connectivity index (χ0n) is 7.98. The first-order valence-corrected chi connectivity index (χ1v) is 4.49. The average Bonchev–Trinajstić information content (AvgIpc) is 1.81. The fourth-order valence-electron chi connectivity index (χ4n) is 2.00. The van der Waals surface area contributed by atoms with Crippen LogP contribution in [0.25, 0.3) is 0 Å². The topological polar surface area (TPSA) is 17.1 Å². The van der Waals surface area contributed by atoms with Crippen LogP contribution in [0, 0.1) is 17.3 Å². The zero-order valence-corrected chi connectivity index (χ0v) is 7.98. The van der Waals surface area contributed by atoms with Gasteiger partial charge >= 0.3 is 0 Å². The third kappa shape index (κ3) is 1.47. The minimum Gasteiger partial charge on any atom is -0.299 e. The molecule has 1 rings (SSSR count). The van der Waals surface area contributed by atoms with Crippen molar-refractivity contribution in [2.75, 3.05) is 0 Å². The molecule has 2 atom stereocenters. The number of Topliss-reactive ketones (excluding diaryl/α,β-unsaturated/α-hetero) is 1. The van der Waals surface area contributed by atoms with E-state index in [0.29, 0.717) is 23.0 Å². The predicted molar refractivity (Wildman–Crippen MR) is 46.4 cm³/mol. The van der Waals surface area contributed by atoms with Crippen molar-refractivity contribution in [3.05, 3.63) is 0 Å². The molecule has 0 aromatic heterocycles. The normalized spacial score (nSPS) is 31.8. The number of hydrogen-bond acceptors (Lipinski definition) is 1. The van der Waals surface area contributed by atoms with E-state index in [9.17, 15) is 4.79 Å². The van der Waals surface area contributed by atoms with Crippen molar-refractivity contribution < 1.29 is 4.79 Å². The van der Waals surface area contributed by atoms with E-state index in [2.05, 4.69) is 27.7 Å². The monoisotopic (exact) mass is 154 g/mol. The Morgan fingerprint density at radius 2 is 2.00 bits per heavy atom. The molecule has 1 heteroatoms. The highest BCUT2D eigenvalue weighted by atomic mass is 16.1. The summed E-state index contributed by atoms with van der Waals surface area (Å²) in [6.07, 6.45) is 1.85. The van der Waals surface area contributed by atoms with E-state index in [0.717, 1.165) is 12.8 Å². The Balaban J connectivity index is 2.58. The summed E-state index contributed by atoms with van der Waals surface area (Å²) in [7, 11) is 0. The van der Waals surface area contributed by atoms with E-state index < -0.39 is 0 Å². The predicted octanol–water partition coefficient (Wildman–Crippen LogP) is 2.65. The molecule has 2 unspecified atom stereocenters. The van der Waals surface area contributed by atoms with Gasteiger partial charge in [-0.25, -0.2) is 0 Å². The second-order valence-electron chi connectivity index (χ2n) is 4.66. The summed E-state index contributed by atoms with van der Waals surface area (Å²) in [5, 5.41) is 0. The van der Waals surface area contributed by atoms with E-state index in [1.807, 2.05) is 0 Å². The fraction of sp³-hybridized carbons (Fsp3) is 0.900. The van der Waals surface area contributed by atoms with Crippen molar-refractivity contribution in [2.24, 2.45) is 17.3 Å². The summed E-state index contributed by atoms with van der Waals surface area (Å²) in [5.74, 6) is 1.49. The highest BCUT2D eigenvalue weighted by Crippen LogP contribution is 2.44. The van der Waals surface area contributed by atoms with Gasteiger partial charge in [0.05, 0.1) is 0 Å². The first-order valence-electron chi connectivity index (χ1n) is 4.49. The molecule has 64 valence electrons. The maximum absolute atomic E-state index is 11.1. The van der Waals surface area contributed by atoms with Gasteiger partial charge in [-0.3, -0.25) is 4.79 Å². The maximum atomic E-state index is 11.1. The average molecular weight is 154 g/mol. The number of rotatable bonds is 1. The lowest BCUT2D eigenvalue weighted by Crippen LogP contribution is -2.44. The second kappa shape index (κ2) is 2.62. The molecular weight excluding hydrogens is 136 g/mol. The smallest absolute Gasteiger partial charge is 0.136 e. The molecule has 0 bridgehead atoms. The lowest BCUT2D eigenvalue weighted by Gasteiger charge is -2.43.